The lowest BCUT2D eigenvalue weighted by atomic mass is 10.1. The number of aromatic carboxylic acids is 1. The molecule has 1 N–H and O–H groups in total. The number of anilines is 1. The summed E-state index contributed by atoms with van der Waals surface area (Å²) in [7, 11) is 1.69. The van der Waals surface area contributed by atoms with Crippen molar-refractivity contribution < 1.29 is 14.6 Å². The highest BCUT2D eigenvalue weighted by atomic mass is 16.5. The number of hydrogen-bond acceptors (Lipinski definition) is 4. The SMILES string of the molecule is COC1CCCN(c2cccnc2C(=O)O)C1. The van der Waals surface area contributed by atoms with Gasteiger partial charge in [-0.15, -0.1) is 0 Å². The van der Waals surface area contributed by atoms with Crippen LogP contribution in [-0.4, -0.2) is 42.4 Å². The lowest BCUT2D eigenvalue weighted by Crippen LogP contribution is -2.40. The summed E-state index contributed by atoms with van der Waals surface area (Å²) in [5.41, 5.74) is 0.797. The molecule has 5 nitrogen and oxygen atoms in total. The normalized spacial score (nSPS) is 20.3. The molecular formula is C12H16N2O3. The first-order valence-corrected chi connectivity index (χ1v) is 5.68. The van der Waals surface area contributed by atoms with Crippen LogP contribution in [-0.2, 0) is 4.74 Å². The fourth-order valence-electron chi connectivity index (χ4n) is 2.17. The molecule has 5 heteroatoms. The summed E-state index contributed by atoms with van der Waals surface area (Å²) in [5.74, 6) is -0.986. The third kappa shape index (κ3) is 2.55. The maximum Gasteiger partial charge on any atom is 0.356 e. The zero-order valence-electron chi connectivity index (χ0n) is 9.80. The van der Waals surface area contributed by atoms with E-state index in [9.17, 15) is 4.79 Å². The van der Waals surface area contributed by atoms with Crippen molar-refractivity contribution in [2.75, 3.05) is 25.1 Å². The van der Waals surface area contributed by atoms with Gasteiger partial charge in [-0.2, -0.15) is 0 Å². The van der Waals surface area contributed by atoms with Gasteiger partial charge in [-0.25, -0.2) is 9.78 Å². The van der Waals surface area contributed by atoms with Crippen LogP contribution in [0.5, 0.6) is 0 Å². The van der Waals surface area contributed by atoms with Gasteiger partial charge in [0.15, 0.2) is 5.69 Å². The van der Waals surface area contributed by atoms with Crippen molar-refractivity contribution in [2.45, 2.75) is 18.9 Å². The van der Waals surface area contributed by atoms with Crippen LogP contribution in [0.1, 0.15) is 23.3 Å². The summed E-state index contributed by atoms with van der Waals surface area (Å²) in [6.07, 6.45) is 3.71. The summed E-state index contributed by atoms with van der Waals surface area (Å²) in [6.45, 7) is 1.58. The number of carboxylic acids is 1. The minimum absolute atomic E-state index is 0.115. The smallest absolute Gasteiger partial charge is 0.356 e. The fourth-order valence-corrected chi connectivity index (χ4v) is 2.17. The van der Waals surface area contributed by atoms with Crippen molar-refractivity contribution in [1.82, 2.24) is 4.98 Å². The molecular weight excluding hydrogens is 220 g/mol. The monoisotopic (exact) mass is 236 g/mol. The van der Waals surface area contributed by atoms with Gasteiger partial charge in [0.2, 0.25) is 0 Å². The quantitative estimate of drug-likeness (QED) is 0.859. The molecule has 0 aliphatic carbocycles. The van der Waals surface area contributed by atoms with E-state index in [1.54, 1.807) is 19.2 Å². The van der Waals surface area contributed by atoms with Crippen molar-refractivity contribution in [1.29, 1.82) is 0 Å². The Kier molecular flexibility index (Phi) is 3.58. The number of ether oxygens (including phenoxy) is 1. The van der Waals surface area contributed by atoms with Crippen molar-refractivity contribution in [3.05, 3.63) is 24.0 Å². The van der Waals surface area contributed by atoms with E-state index in [4.69, 9.17) is 9.84 Å². The summed E-state index contributed by atoms with van der Waals surface area (Å²) in [6, 6.07) is 3.56. The summed E-state index contributed by atoms with van der Waals surface area (Å²) >= 11 is 0. The van der Waals surface area contributed by atoms with Gasteiger partial charge in [-0.05, 0) is 25.0 Å². The summed E-state index contributed by atoms with van der Waals surface area (Å²) in [5, 5.41) is 9.10. The third-order valence-corrected chi connectivity index (χ3v) is 3.04. The Hall–Kier alpha value is -1.62. The second-order valence-electron chi connectivity index (χ2n) is 4.12. The molecule has 17 heavy (non-hydrogen) atoms. The number of aromatic nitrogens is 1. The first kappa shape index (κ1) is 11.9. The molecule has 1 aliphatic rings. The van der Waals surface area contributed by atoms with E-state index >= 15 is 0 Å². The molecule has 1 aromatic heterocycles. The largest absolute Gasteiger partial charge is 0.476 e. The molecule has 2 heterocycles. The Morgan fingerprint density at radius 2 is 2.47 bits per heavy atom. The highest BCUT2D eigenvalue weighted by Gasteiger charge is 2.23. The van der Waals surface area contributed by atoms with Crippen molar-refractivity contribution >= 4 is 11.7 Å². The van der Waals surface area contributed by atoms with Gasteiger partial charge >= 0.3 is 5.97 Å². The lowest BCUT2D eigenvalue weighted by molar-refractivity contribution is 0.0688. The zero-order chi connectivity index (χ0) is 12.3. The predicted octanol–water partition coefficient (Wildman–Crippen LogP) is 1.40. The van der Waals surface area contributed by atoms with Gasteiger partial charge in [-0.3, -0.25) is 0 Å². The molecule has 1 aromatic rings. The number of pyridine rings is 1. The van der Waals surface area contributed by atoms with Crippen LogP contribution in [0.25, 0.3) is 0 Å². The number of carboxylic acid groups (broad SMARTS) is 1. The van der Waals surface area contributed by atoms with E-state index in [1.165, 1.54) is 6.20 Å². The highest BCUT2D eigenvalue weighted by molar-refractivity contribution is 5.92. The first-order chi connectivity index (χ1) is 8.22. The summed E-state index contributed by atoms with van der Waals surface area (Å²) in [4.78, 5) is 17.1. The molecule has 1 aliphatic heterocycles. The molecule has 0 amide bonds. The molecule has 2 rings (SSSR count). The highest BCUT2D eigenvalue weighted by Crippen LogP contribution is 2.23. The average Bonchev–Trinajstić information content (AvgIpc) is 2.39. The number of hydrogen-bond donors (Lipinski definition) is 1. The van der Waals surface area contributed by atoms with Crippen LogP contribution in [0.4, 0.5) is 5.69 Å². The molecule has 92 valence electrons. The maximum absolute atomic E-state index is 11.1. The second-order valence-corrected chi connectivity index (χ2v) is 4.12. The Morgan fingerprint density at radius 1 is 1.65 bits per heavy atom. The molecule has 0 bridgehead atoms. The van der Waals surface area contributed by atoms with Gasteiger partial charge < -0.3 is 14.7 Å². The number of piperidine rings is 1. The van der Waals surface area contributed by atoms with E-state index in [2.05, 4.69) is 4.98 Å². The van der Waals surface area contributed by atoms with E-state index in [1.807, 2.05) is 4.90 Å². The van der Waals surface area contributed by atoms with Gasteiger partial charge in [0.25, 0.3) is 0 Å². The van der Waals surface area contributed by atoms with Crippen molar-refractivity contribution in [2.24, 2.45) is 0 Å². The Morgan fingerprint density at radius 3 is 3.18 bits per heavy atom. The Labute approximate surface area is 100 Å². The molecule has 0 spiro atoms. The Balaban J connectivity index is 2.24. The molecule has 0 radical (unpaired) electrons. The van der Waals surface area contributed by atoms with Crippen molar-refractivity contribution in [3.63, 3.8) is 0 Å². The number of nitrogens with zero attached hydrogens (tertiary/aromatic N) is 2. The topological polar surface area (TPSA) is 62.7 Å². The maximum atomic E-state index is 11.1. The van der Waals surface area contributed by atoms with Gasteiger partial charge in [0.05, 0.1) is 11.8 Å². The predicted molar refractivity (Wildman–Crippen MR) is 63.4 cm³/mol. The van der Waals surface area contributed by atoms with E-state index in [0.29, 0.717) is 5.69 Å². The van der Waals surface area contributed by atoms with Gasteiger partial charge in [0.1, 0.15) is 0 Å². The molecule has 1 unspecified atom stereocenters. The average molecular weight is 236 g/mol. The Bertz CT molecular complexity index is 408. The third-order valence-electron chi connectivity index (χ3n) is 3.04. The van der Waals surface area contributed by atoms with Crippen LogP contribution >= 0.6 is 0 Å². The van der Waals surface area contributed by atoms with Crippen LogP contribution < -0.4 is 4.90 Å². The number of carbonyl (C=O) groups is 1. The van der Waals surface area contributed by atoms with Crippen molar-refractivity contribution in [3.8, 4) is 0 Å². The fraction of sp³-hybridized carbons (Fsp3) is 0.500. The van der Waals surface area contributed by atoms with Crippen LogP contribution in [0.3, 0.4) is 0 Å². The van der Waals surface area contributed by atoms with Crippen LogP contribution in [0, 0.1) is 0 Å². The summed E-state index contributed by atoms with van der Waals surface area (Å²) < 4.78 is 5.33. The standard InChI is InChI=1S/C12H16N2O3/c1-17-9-4-3-7-14(8-9)10-5-2-6-13-11(10)12(15)16/h2,5-6,9H,3-4,7-8H2,1H3,(H,15,16). The van der Waals surface area contributed by atoms with E-state index < -0.39 is 5.97 Å². The lowest BCUT2D eigenvalue weighted by Gasteiger charge is -2.33. The number of rotatable bonds is 3. The van der Waals surface area contributed by atoms with Gasteiger partial charge in [-0.1, -0.05) is 0 Å². The minimum Gasteiger partial charge on any atom is -0.476 e. The second kappa shape index (κ2) is 5.14. The molecule has 0 aromatic carbocycles. The zero-order valence-corrected chi connectivity index (χ0v) is 9.80. The molecule has 1 saturated heterocycles. The van der Waals surface area contributed by atoms with E-state index in [-0.39, 0.29) is 11.8 Å². The molecule has 0 saturated carbocycles. The van der Waals surface area contributed by atoms with Crippen LogP contribution in [0.2, 0.25) is 0 Å². The molecule has 1 atom stereocenters. The molecule has 1 fully saturated rings. The van der Waals surface area contributed by atoms with Crippen LogP contribution in [0.15, 0.2) is 18.3 Å². The van der Waals surface area contributed by atoms with Gasteiger partial charge in [0, 0.05) is 26.4 Å². The number of methoxy groups -OCH3 is 1. The first-order valence-electron chi connectivity index (χ1n) is 5.68. The van der Waals surface area contributed by atoms with E-state index in [0.717, 1.165) is 25.9 Å². The minimum atomic E-state index is -0.986.